The number of pyridine rings is 2. The van der Waals surface area contributed by atoms with Crippen molar-refractivity contribution in [1.29, 1.82) is 0 Å². The fourth-order valence-corrected chi connectivity index (χ4v) is 2.80. The van der Waals surface area contributed by atoms with E-state index in [9.17, 15) is 0 Å². The molecule has 0 spiro atoms. The van der Waals surface area contributed by atoms with Gasteiger partial charge in [0.2, 0.25) is 0 Å². The van der Waals surface area contributed by atoms with Crippen LogP contribution in [0.1, 0.15) is 0 Å². The van der Waals surface area contributed by atoms with Gasteiger partial charge in [0.05, 0.1) is 4.47 Å². The van der Waals surface area contributed by atoms with Crippen molar-refractivity contribution in [1.82, 2.24) is 9.97 Å². The number of rotatable bonds is 2. The molecular formula is C14H15BrN4. The van der Waals surface area contributed by atoms with E-state index in [1.165, 1.54) is 0 Å². The first kappa shape index (κ1) is 12.4. The van der Waals surface area contributed by atoms with Gasteiger partial charge in [-0.25, -0.2) is 9.97 Å². The van der Waals surface area contributed by atoms with Crippen LogP contribution in [0.2, 0.25) is 0 Å². The highest BCUT2D eigenvalue weighted by Crippen LogP contribution is 2.24. The van der Waals surface area contributed by atoms with Crippen LogP contribution in [0.5, 0.6) is 0 Å². The largest absolute Gasteiger partial charge is 0.353 e. The second-order valence-corrected chi connectivity index (χ2v) is 5.33. The van der Waals surface area contributed by atoms with E-state index in [1.807, 2.05) is 36.7 Å². The highest BCUT2D eigenvalue weighted by Gasteiger charge is 2.20. The molecule has 0 amide bonds. The van der Waals surface area contributed by atoms with Gasteiger partial charge < -0.3 is 9.80 Å². The monoisotopic (exact) mass is 318 g/mol. The van der Waals surface area contributed by atoms with Gasteiger partial charge in [0, 0.05) is 38.6 Å². The van der Waals surface area contributed by atoms with Crippen LogP contribution in [0.3, 0.4) is 0 Å². The van der Waals surface area contributed by atoms with Crippen LogP contribution in [0, 0.1) is 0 Å². The highest BCUT2D eigenvalue weighted by atomic mass is 79.9. The Balaban J connectivity index is 1.69. The van der Waals surface area contributed by atoms with E-state index < -0.39 is 0 Å². The minimum absolute atomic E-state index is 0.964. The molecule has 98 valence electrons. The van der Waals surface area contributed by atoms with E-state index in [2.05, 4.69) is 41.8 Å². The first-order valence-electron chi connectivity index (χ1n) is 6.36. The smallest absolute Gasteiger partial charge is 0.142 e. The maximum absolute atomic E-state index is 4.44. The Hall–Kier alpha value is -1.62. The zero-order valence-corrected chi connectivity index (χ0v) is 12.1. The molecule has 19 heavy (non-hydrogen) atoms. The number of hydrogen-bond donors (Lipinski definition) is 0. The first-order valence-corrected chi connectivity index (χ1v) is 7.15. The third-order valence-corrected chi connectivity index (χ3v) is 3.91. The summed E-state index contributed by atoms with van der Waals surface area (Å²) in [6.45, 7) is 3.87. The summed E-state index contributed by atoms with van der Waals surface area (Å²) in [5, 5.41) is 0. The molecule has 0 N–H and O–H groups in total. The van der Waals surface area contributed by atoms with E-state index in [4.69, 9.17) is 0 Å². The maximum Gasteiger partial charge on any atom is 0.142 e. The van der Waals surface area contributed by atoms with Crippen molar-refractivity contribution in [2.45, 2.75) is 0 Å². The molecule has 1 fully saturated rings. The highest BCUT2D eigenvalue weighted by molar-refractivity contribution is 9.10. The molecule has 0 aliphatic carbocycles. The maximum atomic E-state index is 4.44. The average molecular weight is 319 g/mol. The Kier molecular flexibility index (Phi) is 3.64. The zero-order chi connectivity index (χ0) is 13.1. The summed E-state index contributed by atoms with van der Waals surface area (Å²) in [6.07, 6.45) is 3.68. The number of nitrogens with zero attached hydrogens (tertiary/aromatic N) is 4. The second kappa shape index (κ2) is 5.57. The summed E-state index contributed by atoms with van der Waals surface area (Å²) in [4.78, 5) is 13.5. The van der Waals surface area contributed by atoms with E-state index in [1.54, 1.807) is 0 Å². The van der Waals surface area contributed by atoms with Crippen LogP contribution >= 0.6 is 15.9 Å². The van der Waals surface area contributed by atoms with Gasteiger partial charge in [-0.3, -0.25) is 0 Å². The normalized spacial score (nSPS) is 15.6. The van der Waals surface area contributed by atoms with Crippen molar-refractivity contribution in [3.63, 3.8) is 0 Å². The number of aromatic nitrogens is 2. The molecule has 0 radical (unpaired) electrons. The fourth-order valence-electron chi connectivity index (χ4n) is 2.30. The van der Waals surface area contributed by atoms with Gasteiger partial charge in [-0.1, -0.05) is 6.07 Å². The third-order valence-electron chi connectivity index (χ3n) is 3.29. The Bertz CT molecular complexity index is 538. The topological polar surface area (TPSA) is 32.3 Å². The molecule has 3 heterocycles. The van der Waals surface area contributed by atoms with Crippen molar-refractivity contribution >= 4 is 27.6 Å². The predicted octanol–water partition coefficient (Wildman–Crippen LogP) is 2.57. The molecule has 0 unspecified atom stereocenters. The van der Waals surface area contributed by atoms with E-state index in [-0.39, 0.29) is 0 Å². The van der Waals surface area contributed by atoms with Gasteiger partial charge >= 0.3 is 0 Å². The molecule has 5 heteroatoms. The molecule has 0 aromatic carbocycles. The summed E-state index contributed by atoms with van der Waals surface area (Å²) in [5.41, 5.74) is 0. The van der Waals surface area contributed by atoms with Gasteiger partial charge in [0.25, 0.3) is 0 Å². The van der Waals surface area contributed by atoms with Crippen LogP contribution in [-0.4, -0.2) is 36.1 Å². The summed E-state index contributed by atoms with van der Waals surface area (Å²) in [7, 11) is 0. The SMILES string of the molecule is Brc1cccnc1N1CCN(c2ccccn2)CC1. The average Bonchev–Trinajstić information content (AvgIpc) is 2.49. The minimum atomic E-state index is 0.964. The summed E-state index contributed by atoms with van der Waals surface area (Å²) < 4.78 is 1.06. The zero-order valence-electron chi connectivity index (χ0n) is 10.5. The molecule has 1 aliphatic heterocycles. The van der Waals surface area contributed by atoms with Crippen LogP contribution < -0.4 is 9.80 Å². The standard InChI is InChI=1S/C14H15BrN4/c15-12-4-3-7-17-14(12)19-10-8-18(9-11-19)13-5-1-2-6-16-13/h1-7H,8-11H2. The minimum Gasteiger partial charge on any atom is -0.353 e. The van der Waals surface area contributed by atoms with Crippen LogP contribution in [0.25, 0.3) is 0 Å². The number of halogens is 1. The van der Waals surface area contributed by atoms with Crippen molar-refractivity contribution in [3.05, 3.63) is 47.2 Å². The molecule has 0 bridgehead atoms. The number of piperazine rings is 1. The summed E-state index contributed by atoms with van der Waals surface area (Å²) in [6, 6.07) is 10.0. The van der Waals surface area contributed by atoms with Gasteiger partial charge in [-0.05, 0) is 40.2 Å². The Morgan fingerprint density at radius 2 is 1.58 bits per heavy atom. The molecule has 2 aromatic rings. The second-order valence-electron chi connectivity index (χ2n) is 4.47. The first-order chi connectivity index (χ1) is 9.34. The molecule has 2 aromatic heterocycles. The molecular weight excluding hydrogens is 304 g/mol. The van der Waals surface area contributed by atoms with Crippen molar-refractivity contribution in [2.24, 2.45) is 0 Å². The van der Waals surface area contributed by atoms with Crippen molar-refractivity contribution in [3.8, 4) is 0 Å². The number of hydrogen-bond acceptors (Lipinski definition) is 4. The van der Waals surface area contributed by atoms with Crippen LogP contribution in [0.4, 0.5) is 11.6 Å². The molecule has 1 aliphatic rings. The molecule has 3 rings (SSSR count). The quantitative estimate of drug-likeness (QED) is 0.852. The lowest BCUT2D eigenvalue weighted by molar-refractivity contribution is 0.641. The summed E-state index contributed by atoms with van der Waals surface area (Å²) in [5.74, 6) is 2.09. The molecule has 0 saturated carbocycles. The van der Waals surface area contributed by atoms with Crippen molar-refractivity contribution < 1.29 is 0 Å². The molecule has 0 atom stereocenters. The van der Waals surface area contributed by atoms with Gasteiger partial charge in [-0.2, -0.15) is 0 Å². The Labute approximate surface area is 121 Å². The Morgan fingerprint density at radius 3 is 2.26 bits per heavy atom. The van der Waals surface area contributed by atoms with E-state index in [0.717, 1.165) is 42.3 Å². The van der Waals surface area contributed by atoms with Crippen LogP contribution in [-0.2, 0) is 0 Å². The van der Waals surface area contributed by atoms with Crippen LogP contribution in [0.15, 0.2) is 47.2 Å². The van der Waals surface area contributed by atoms with E-state index in [0.29, 0.717) is 0 Å². The van der Waals surface area contributed by atoms with Gasteiger partial charge in [-0.15, -0.1) is 0 Å². The van der Waals surface area contributed by atoms with E-state index >= 15 is 0 Å². The predicted molar refractivity (Wildman–Crippen MR) is 80.6 cm³/mol. The summed E-state index contributed by atoms with van der Waals surface area (Å²) >= 11 is 3.56. The lowest BCUT2D eigenvalue weighted by atomic mass is 10.3. The van der Waals surface area contributed by atoms with Crippen molar-refractivity contribution in [2.75, 3.05) is 36.0 Å². The molecule has 4 nitrogen and oxygen atoms in total. The Morgan fingerprint density at radius 1 is 0.842 bits per heavy atom. The van der Waals surface area contributed by atoms with Gasteiger partial charge in [0.1, 0.15) is 11.6 Å². The third kappa shape index (κ3) is 2.71. The lowest BCUT2D eigenvalue weighted by Gasteiger charge is -2.36. The fraction of sp³-hybridized carbons (Fsp3) is 0.286. The molecule has 1 saturated heterocycles. The lowest BCUT2D eigenvalue weighted by Crippen LogP contribution is -2.47. The van der Waals surface area contributed by atoms with Gasteiger partial charge in [0.15, 0.2) is 0 Å². The number of anilines is 2.